The second kappa shape index (κ2) is 5.34. The van der Waals surface area contributed by atoms with Gasteiger partial charge in [0.2, 0.25) is 0 Å². The summed E-state index contributed by atoms with van der Waals surface area (Å²) in [7, 11) is 0. The average molecular weight is 258 g/mol. The summed E-state index contributed by atoms with van der Waals surface area (Å²) >= 11 is 0. The van der Waals surface area contributed by atoms with E-state index in [2.05, 4.69) is 15.3 Å². The molecule has 4 N–H and O–H groups in total. The summed E-state index contributed by atoms with van der Waals surface area (Å²) in [6, 6.07) is 5.00. The van der Waals surface area contributed by atoms with Crippen LogP contribution in [0.5, 0.6) is 0 Å². The third kappa shape index (κ3) is 2.98. The molecule has 0 radical (unpaired) electrons. The van der Waals surface area contributed by atoms with Gasteiger partial charge < -0.3 is 16.2 Å². The van der Waals surface area contributed by atoms with E-state index in [1.807, 2.05) is 19.1 Å². The smallest absolute Gasteiger partial charge is 0.339 e. The number of nitrogens with one attached hydrogen (secondary N) is 1. The van der Waals surface area contributed by atoms with Crippen molar-refractivity contribution >= 4 is 17.5 Å². The standard InChI is InChI=1S/C13H14N4O2/c1-8(9-3-2-4-15-6-9)17-12-11(13(18)19)5-10(14)7-16-12/h2-8H,14H2,1H3,(H,16,17)(H,18,19). The van der Waals surface area contributed by atoms with E-state index in [0.29, 0.717) is 5.69 Å². The Hall–Kier alpha value is -2.63. The molecule has 6 nitrogen and oxygen atoms in total. The minimum Gasteiger partial charge on any atom is -0.478 e. The van der Waals surface area contributed by atoms with Crippen molar-refractivity contribution in [3.8, 4) is 0 Å². The molecular formula is C13H14N4O2. The molecule has 0 aromatic carbocycles. The molecule has 0 saturated carbocycles. The quantitative estimate of drug-likeness (QED) is 0.774. The van der Waals surface area contributed by atoms with E-state index >= 15 is 0 Å². The highest BCUT2D eigenvalue weighted by molar-refractivity contribution is 5.94. The van der Waals surface area contributed by atoms with E-state index in [4.69, 9.17) is 10.8 Å². The van der Waals surface area contributed by atoms with Gasteiger partial charge in [-0.3, -0.25) is 4.98 Å². The zero-order chi connectivity index (χ0) is 13.8. The molecule has 0 aliphatic heterocycles. The molecule has 0 aliphatic carbocycles. The second-order valence-corrected chi connectivity index (χ2v) is 4.12. The average Bonchev–Trinajstić information content (AvgIpc) is 2.41. The summed E-state index contributed by atoms with van der Waals surface area (Å²) in [6.07, 6.45) is 4.82. The van der Waals surface area contributed by atoms with Crippen LogP contribution in [0, 0.1) is 0 Å². The molecule has 98 valence electrons. The van der Waals surface area contributed by atoms with Gasteiger partial charge in [0.25, 0.3) is 0 Å². The monoisotopic (exact) mass is 258 g/mol. The summed E-state index contributed by atoms with van der Waals surface area (Å²) < 4.78 is 0. The van der Waals surface area contributed by atoms with Crippen LogP contribution >= 0.6 is 0 Å². The SMILES string of the molecule is CC(Nc1ncc(N)cc1C(=O)O)c1cccnc1. The van der Waals surface area contributed by atoms with Crippen LogP contribution in [0.25, 0.3) is 0 Å². The highest BCUT2D eigenvalue weighted by Crippen LogP contribution is 2.21. The Labute approximate surface area is 110 Å². The van der Waals surface area contributed by atoms with Crippen molar-refractivity contribution < 1.29 is 9.90 Å². The van der Waals surface area contributed by atoms with Crippen LogP contribution in [0.2, 0.25) is 0 Å². The topological polar surface area (TPSA) is 101 Å². The molecule has 2 rings (SSSR count). The first-order chi connectivity index (χ1) is 9.08. The molecule has 0 aliphatic rings. The number of pyridine rings is 2. The Morgan fingerprint density at radius 3 is 2.89 bits per heavy atom. The van der Waals surface area contributed by atoms with Gasteiger partial charge in [-0.25, -0.2) is 9.78 Å². The second-order valence-electron chi connectivity index (χ2n) is 4.12. The highest BCUT2D eigenvalue weighted by atomic mass is 16.4. The van der Waals surface area contributed by atoms with Gasteiger partial charge in [-0.05, 0) is 24.6 Å². The van der Waals surface area contributed by atoms with Crippen molar-refractivity contribution in [2.45, 2.75) is 13.0 Å². The van der Waals surface area contributed by atoms with Crippen LogP contribution < -0.4 is 11.1 Å². The lowest BCUT2D eigenvalue weighted by atomic mass is 10.1. The van der Waals surface area contributed by atoms with Crippen LogP contribution in [0.1, 0.15) is 28.9 Å². The summed E-state index contributed by atoms with van der Waals surface area (Å²) in [5.41, 5.74) is 6.85. The molecule has 0 amide bonds. The van der Waals surface area contributed by atoms with Crippen molar-refractivity contribution in [1.29, 1.82) is 0 Å². The van der Waals surface area contributed by atoms with E-state index in [0.717, 1.165) is 5.56 Å². The number of hydrogen-bond donors (Lipinski definition) is 3. The number of aromatic nitrogens is 2. The number of nitrogens with two attached hydrogens (primary N) is 1. The van der Waals surface area contributed by atoms with Gasteiger partial charge in [0.1, 0.15) is 11.4 Å². The molecule has 0 bridgehead atoms. The van der Waals surface area contributed by atoms with Crippen molar-refractivity contribution in [1.82, 2.24) is 9.97 Å². The van der Waals surface area contributed by atoms with Crippen molar-refractivity contribution in [3.05, 3.63) is 47.9 Å². The first-order valence-corrected chi connectivity index (χ1v) is 5.73. The number of nitrogens with zero attached hydrogens (tertiary/aromatic N) is 2. The van der Waals surface area contributed by atoms with Gasteiger partial charge in [-0.1, -0.05) is 6.07 Å². The van der Waals surface area contributed by atoms with Gasteiger partial charge in [-0.15, -0.1) is 0 Å². The largest absolute Gasteiger partial charge is 0.478 e. The van der Waals surface area contributed by atoms with E-state index in [9.17, 15) is 4.79 Å². The maximum absolute atomic E-state index is 11.1. The molecular weight excluding hydrogens is 244 g/mol. The third-order valence-corrected chi connectivity index (χ3v) is 2.68. The van der Waals surface area contributed by atoms with Crippen molar-refractivity contribution in [2.24, 2.45) is 0 Å². The van der Waals surface area contributed by atoms with Crippen LogP contribution in [0.3, 0.4) is 0 Å². The van der Waals surface area contributed by atoms with Gasteiger partial charge >= 0.3 is 5.97 Å². The van der Waals surface area contributed by atoms with Crippen LogP contribution in [0.4, 0.5) is 11.5 Å². The fourth-order valence-corrected chi connectivity index (χ4v) is 1.68. The summed E-state index contributed by atoms with van der Waals surface area (Å²) in [6.45, 7) is 1.90. The zero-order valence-corrected chi connectivity index (χ0v) is 10.4. The van der Waals surface area contributed by atoms with Gasteiger partial charge in [0, 0.05) is 12.4 Å². The van der Waals surface area contributed by atoms with E-state index in [1.54, 1.807) is 12.4 Å². The molecule has 0 fully saturated rings. The maximum Gasteiger partial charge on any atom is 0.339 e. The fraction of sp³-hybridized carbons (Fsp3) is 0.154. The predicted molar refractivity (Wildman–Crippen MR) is 71.9 cm³/mol. The number of hydrogen-bond acceptors (Lipinski definition) is 5. The number of carboxylic acids is 1. The molecule has 0 saturated heterocycles. The molecule has 1 unspecified atom stereocenters. The molecule has 6 heteroatoms. The minimum atomic E-state index is -1.07. The lowest BCUT2D eigenvalue weighted by Gasteiger charge is -2.16. The Kier molecular flexibility index (Phi) is 3.61. The summed E-state index contributed by atoms with van der Waals surface area (Å²) in [5, 5.41) is 12.2. The number of carboxylic acid groups (broad SMARTS) is 1. The van der Waals surface area contributed by atoms with Gasteiger partial charge in [0.05, 0.1) is 17.9 Å². The lowest BCUT2D eigenvalue weighted by molar-refractivity contribution is 0.0697. The Balaban J connectivity index is 2.26. The molecule has 19 heavy (non-hydrogen) atoms. The molecule has 1 atom stereocenters. The molecule has 0 spiro atoms. The van der Waals surface area contributed by atoms with Crippen molar-refractivity contribution in [3.63, 3.8) is 0 Å². The zero-order valence-electron chi connectivity index (χ0n) is 10.4. The highest BCUT2D eigenvalue weighted by Gasteiger charge is 2.14. The number of aromatic carboxylic acids is 1. The molecule has 2 aromatic rings. The first-order valence-electron chi connectivity index (χ1n) is 5.73. The van der Waals surface area contributed by atoms with Crippen molar-refractivity contribution in [2.75, 3.05) is 11.1 Å². The van der Waals surface area contributed by atoms with E-state index in [-0.39, 0.29) is 17.4 Å². The summed E-state index contributed by atoms with van der Waals surface area (Å²) in [4.78, 5) is 19.2. The van der Waals surface area contributed by atoms with E-state index < -0.39 is 5.97 Å². The van der Waals surface area contributed by atoms with Crippen LogP contribution in [-0.4, -0.2) is 21.0 Å². The molecule has 2 heterocycles. The van der Waals surface area contributed by atoms with E-state index in [1.165, 1.54) is 12.3 Å². The van der Waals surface area contributed by atoms with Crippen LogP contribution in [-0.2, 0) is 0 Å². The normalized spacial score (nSPS) is 11.8. The third-order valence-electron chi connectivity index (χ3n) is 2.68. The predicted octanol–water partition coefficient (Wildman–Crippen LogP) is 1.93. The summed E-state index contributed by atoms with van der Waals surface area (Å²) in [5.74, 6) is -0.779. The maximum atomic E-state index is 11.1. The number of rotatable bonds is 4. The number of carbonyl (C=O) groups is 1. The minimum absolute atomic E-state index is 0.0516. The lowest BCUT2D eigenvalue weighted by Crippen LogP contribution is -2.13. The fourth-order valence-electron chi connectivity index (χ4n) is 1.68. The van der Waals surface area contributed by atoms with Gasteiger partial charge in [-0.2, -0.15) is 0 Å². The first kappa shape index (κ1) is 12.8. The Morgan fingerprint density at radius 2 is 2.26 bits per heavy atom. The number of anilines is 2. The molecule has 2 aromatic heterocycles. The van der Waals surface area contributed by atoms with Gasteiger partial charge in [0.15, 0.2) is 0 Å². The Bertz CT molecular complexity index is 586. The van der Waals surface area contributed by atoms with Crippen LogP contribution in [0.15, 0.2) is 36.8 Å². The number of nitrogen functional groups attached to an aromatic ring is 1. The Morgan fingerprint density at radius 1 is 1.47 bits per heavy atom.